The van der Waals surface area contributed by atoms with E-state index >= 15 is 0 Å². The van der Waals surface area contributed by atoms with E-state index in [1.165, 1.54) is 11.3 Å². The van der Waals surface area contributed by atoms with Crippen molar-refractivity contribution in [1.82, 2.24) is 15.2 Å². The molecule has 3 heterocycles. The zero-order valence-electron chi connectivity index (χ0n) is 18.5. The van der Waals surface area contributed by atoms with Crippen LogP contribution in [0.2, 0.25) is 5.02 Å². The molecule has 3 aromatic heterocycles. The maximum Gasteiger partial charge on any atom is 0.266 e. The molecule has 1 amide bonds. The van der Waals surface area contributed by atoms with Crippen molar-refractivity contribution in [1.29, 1.82) is 0 Å². The minimum Gasteiger partial charge on any atom is -0.459 e. The highest BCUT2D eigenvalue weighted by atomic mass is 35.5. The fraction of sp³-hybridized carbons (Fsp3) is 0.308. The molecule has 0 radical (unpaired) electrons. The second kappa shape index (κ2) is 9.67. The highest BCUT2D eigenvalue weighted by Crippen LogP contribution is 2.37. The molecule has 0 saturated heterocycles. The third kappa shape index (κ3) is 4.56. The highest BCUT2D eigenvalue weighted by molar-refractivity contribution is 7.21. The summed E-state index contributed by atoms with van der Waals surface area (Å²) in [6, 6.07) is 16.3. The van der Waals surface area contributed by atoms with Crippen molar-refractivity contribution in [3.05, 3.63) is 76.6 Å². The summed E-state index contributed by atoms with van der Waals surface area (Å²) in [5.74, 6) is 1.49. The summed E-state index contributed by atoms with van der Waals surface area (Å²) in [5.41, 5.74) is 0.920. The lowest BCUT2D eigenvalue weighted by atomic mass is 9.90. The van der Waals surface area contributed by atoms with Gasteiger partial charge in [0.1, 0.15) is 16.4 Å². The number of nitrogens with one attached hydrogen (secondary N) is 1. The van der Waals surface area contributed by atoms with E-state index in [2.05, 4.69) is 10.3 Å². The molecule has 170 valence electrons. The van der Waals surface area contributed by atoms with Crippen LogP contribution in [0.15, 0.2) is 65.3 Å². The number of pyridine rings is 1. The Hall–Kier alpha value is -2.67. The van der Waals surface area contributed by atoms with Crippen LogP contribution < -0.4 is 5.32 Å². The fourth-order valence-electron chi connectivity index (χ4n) is 4.62. The Morgan fingerprint density at radius 3 is 2.70 bits per heavy atom. The number of carbonyl (C=O) groups excluding carboxylic acids is 1. The average Bonchev–Trinajstić information content (AvgIpc) is 3.48. The van der Waals surface area contributed by atoms with E-state index in [1.807, 2.05) is 60.5 Å². The molecule has 0 spiro atoms. The molecule has 0 unspecified atom stereocenters. The second-order valence-electron chi connectivity index (χ2n) is 8.48. The summed E-state index contributed by atoms with van der Waals surface area (Å²) < 4.78 is 7.16. The Kier molecular flexibility index (Phi) is 6.49. The van der Waals surface area contributed by atoms with Crippen LogP contribution in [-0.2, 0) is 6.54 Å². The maximum absolute atomic E-state index is 13.9. The molecule has 1 aliphatic carbocycles. The Morgan fingerprint density at radius 2 is 1.97 bits per heavy atom. The minimum absolute atomic E-state index is 0.0200. The molecule has 0 bridgehead atoms. The van der Waals surface area contributed by atoms with Crippen LogP contribution in [0.4, 0.5) is 0 Å². The van der Waals surface area contributed by atoms with Crippen LogP contribution >= 0.6 is 22.9 Å². The van der Waals surface area contributed by atoms with Crippen molar-refractivity contribution in [2.24, 2.45) is 0 Å². The molecule has 0 aliphatic heterocycles. The van der Waals surface area contributed by atoms with Gasteiger partial charge in [-0.2, -0.15) is 0 Å². The Labute approximate surface area is 202 Å². The smallest absolute Gasteiger partial charge is 0.266 e. The number of rotatable bonds is 6. The van der Waals surface area contributed by atoms with E-state index in [9.17, 15) is 4.79 Å². The zero-order valence-corrected chi connectivity index (χ0v) is 20.0. The lowest BCUT2D eigenvalue weighted by molar-refractivity contribution is 0.0589. The van der Waals surface area contributed by atoms with Crippen LogP contribution in [0.3, 0.4) is 0 Å². The van der Waals surface area contributed by atoms with Crippen LogP contribution in [0, 0.1) is 0 Å². The topological polar surface area (TPSA) is 58.4 Å². The number of fused-ring (bicyclic) bond motifs is 1. The van der Waals surface area contributed by atoms with E-state index in [0.29, 0.717) is 22.5 Å². The molecule has 0 atom stereocenters. The van der Waals surface area contributed by atoms with Crippen molar-refractivity contribution in [3.63, 3.8) is 0 Å². The number of carbonyl (C=O) groups is 1. The summed E-state index contributed by atoms with van der Waals surface area (Å²) in [6.45, 7) is 0.415. The third-order valence-electron chi connectivity index (χ3n) is 6.47. The van der Waals surface area contributed by atoms with Gasteiger partial charge >= 0.3 is 0 Å². The number of aromatic nitrogens is 1. The van der Waals surface area contributed by atoms with Gasteiger partial charge in [0.15, 0.2) is 0 Å². The van der Waals surface area contributed by atoms with Gasteiger partial charge in [0.25, 0.3) is 5.91 Å². The zero-order chi connectivity index (χ0) is 22.8. The number of nitrogens with zero attached hydrogens (tertiary/aromatic N) is 2. The Bertz CT molecular complexity index is 1240. The van der Waals surface area contributed by atoms with E-state index in [0.717, 1.165) is 52.9 Å². The molecule has 7 heteroatoms. The Morgan fingerprint density at radius 1 is 1.15 bits per heavy atom. The van der Waals surface area contributed by atoms with Gasteiger partial charge in [-0.05, 0) is 63.1 Å². The van der Waals surface area contributed by atoms with Gasteiger partial charge in [0.05, 0.1) is 11.6 Å². The third-order valence-corrected chi connectivity index (χ3v) is 8.13. The quantitative estimate of drug-likeness (QED) is 0.348. The molecule has 1 fully saturated rings. The summed E-state index contributed by atoms with van der Waals surface area (Å²) in [6.07, 6.45) is 7.52. The standard InChI is InChI=1S/C26H26ClN3O2S/c1-28-18-8-10-19(11-9-18)30(16-20-12-13-22(32-20)17-5-4-14-29-15-17)26(31)25-24(27)21-6-2-3-7-23(21)33-25/h2-7,12-15,18-19,28H,8-11,16H2,1H3. The van der Waals surface area contributed by atoms with E-state index in [1.54, 1.807) is 12.4 Å². The first-order valence-electron chi connectivity index (χ1n) is 11.3. The van der Waals surface area contributed by atoms with Gasteiger partial charge in [-0.3, -0.25) is 9.78 Å². The lowest BCUT2D eigenvalue weighted by Crippen LogP contribution is -2.44. The normalized spacial score (nSPS) is 18.5. The van der Waals surface area contributed by atoms with Crippen LogP contribution in [0.1, 0.15) is 41.1 Å². The van der Waals surface area contributed by atoms with Crippen molar-refractivity contribution >= 4 is 38.9 Å². The number of benzene rings is 1. The first kappa shape index (κ1) is 22.1. The van der Waals surface area contributed by atoms with E-state index in [-0.39, 0.29) is 11.9 Å². The molecule has 4 aromatic rings. The first-order valence-corrected chi connectivity index (χ1v) is 12.5. The second-order valence-corrected chi connectivity index (χ2v) is 9.91. The summed E-state index contributed by atoms with van der Waals surface area (Å²) in [7, 11) is 2.01. The molecule has 5 rings (SSSR count). The number of furan rings is 1. The predicted molar refractivity (Wildman–Crippen MR) is 134 cm³/mol. The molecule has 33 heavy (non-hydrogen) atoms. The van der Waals surface area contributed by atoms with Crippen LogP contribution in [0.5, 0.6) is 0 Å². The number of hydrogen-bond donors (Lipinski definition) is 1. The number of hydrogen-bond acceptors (Lipinski definition) is 5. The van der Waals surface area contributed by atoms with Crippen molar-refractivity contribution in [2.75, 3.05) is 7.05 Å². The molecule has 1 N–H and O–H groups in total. The summed E-state index contributed by atoms with van der Waals surface area (Å²) in [5, 5.41) is 4.86. The maximum atomic E-state index is 13.9. The highest BCUT2D eigenvalue weighted by Gasteiger charge is 2.32. The number of halogens is 1. The van der Waals surface area contributed by atoms with Crippen molar-refractivity contribution < 1.29 is 9.21 Å². The lowest BCUT2D eigenvalue weighted by Gasteiger charge is -2.36. The largest absolute Gasteiger partial charge is 0.459 e. The van der Waals surface area contributed by atoms with Crippen molar-refractivity contribution in [2.45, 2.75) is 44.3 Å². The van der Waals surface area contributed by atoms with Gasteiger partial charge in [0.2, 0.25) is 0 Å². The predicted octanol–water partition coefficient (Wildman–Crippen LogP) is 6.38. The van der Waals surface area contributed by atoms with Gasteiger partial charge in [-0.15, -0.1) is 11.3 Å². The van der Waals surface area contributed by atoms with Crippen LogP contribution in [-0.4, -0.2) is 34.9 Å². The number of thiophene rings is 1. The van der Waals surface area contributed by atoms with Gasteiger partial charge < -0.3 is 14.6 Å². The molecular formula is C26H26ClN3O2S. The fourth-order valence-corrected chi connectivity index (χ4v) is 6.09. The SMILES string of the molecule is CNC1CCC(N(Cc2ccc(-c3cccnc3)o2)C(=O)c2sc3ccccc3c2Cl)CC1. The van der Waals surface area contributed by atoms with Gasteiger partial charge in [0, 0.05) is 40.1 Å². The molecule has 1 aliphatic rings. The number of amides is 1. The molecule has 5 nitrogen and oxygen atoms in total. The monoisotopic (exact) mass is 479 g/mol. The molecule has 1 aromatic carbocycles. The first-order chi connectivity index (χ1) is 16.1. The van der Waals surface area contributed by atoms with Crippen LogP contribution in [0.25, 0.3) is 21.4 Å². The Balaban J connectivity index is 1.45. The van der Waals surface area contributed by atoms with E-state index < -0.39 is 0 Å². The summed E-state index contributed by atoms with van der Waals surface area (Å²) in [4.78, 5) is 20.6. The summed E-state index contributed by atoms with van der Waals surface area (Å²) >= 11 is 8.16. The molecule has 1 saturated carbocycles. The van der Waals surface area contributed by atoms with E-state index in [4.69, 9.17) is 16.0 Å². The molecular weight excluding hydrogens is 454 g/mol. The average molecular weight is 480 g/mol. The minimum atomic E-state index is -0.0200. The van der Waals surface area contributed by atoms with Crippen molar-refractivity contribution in [3.8, 4) is 11.3 Å². The van der Waals surface area contributed by atoms with Gasteiger partial charge in [-0.1, -0.05) is 29.8 Å². The van der Waals surface area contributed by atoms with Gasteiger partial charge in [-0.25, -0.2) is 0 Å².